The second kappa shape index (κ2) is 5.39. The van der Waals surface area contributed by atoms with Crippen molar-refractivity contribution in [1.29, 1.82) is 0 Å². The van der Waals surface area contributed by atoms with Crippen LogP contribution in [0, 0.1) is 0 Å². The predicted octanol–water partition coefficient (Wildman–Crippen LogP) is 0.112. The summed E-state index contributed by atoms with van der Waals surface area (Å²) in [6.07, 6.45) is 0.162. The molecule has 1 heterocycles. The summed E-state index contributed by atoms with van der Waals surface area (Å²) >= 11 is 0. The third-order valence-electron chi connectivity index (χ3n) is 3.28. The molecule has 1 aliphatic heterocycles. The van der Waals surface area contributed by atoms with E-state index in [0.29, 0.717) is 12.8 Å². The fraction of sp³-hybridized carbons (Fsp3) is 0.417. The number of hydrogen-bond donors (Lipinski definition) is 3. The molecule has 1 aromatic carbocycles. The standard InChI is InChI=1S/C12H16N2O5S/c13-8-1-2-10(12(16)17)11(7-8)20(18,19)14-5-3-9(15)4-6-14/h1-2,7,9,15H,3-6,13H2,(H,16,17). The van der Waals surface area contributed by atoms with Crippen LogP contribution in [0.5, 0.6) is 0 Å². The van der Waals surface area contributed by atoms with Crippen molar-refractivity contribution in [2.45, 2.75) is 23.8 Å². The summed E-state index contributed by atoms with van der Waals surface area (Å²) in [6, 6.07) is 3.69. The molecule has 0 saturated carbocycles. The fourth-order valence-corrected chi connectivity index (χ4v) is 3.84. The smallest absolute Gasteiger partial charge is 0.337 e. The Morgan fingerprint density at radius 3 is 2.45 bits per heavy atom. The van der Waals surface area contributed by atoms with Gasteiger partial charge in [-0.15, -0.1) is 0 Å². The van der Waals surface area contributed by atoms with Crippen molar-refractivity contribution in [1.82, 2.24) is 4.31 Å². The number of hydrogen-bond acceptors (Lipinski definition) is 5. The lowest BCUT2D eigenvalue weighted by molar-refractivity contribution is 0.0692. The molecule has 7 nitrogen and oxygen atoms in total. The zero-order valence-electron chi connectivity index (χ0n) is 10.7. The Balaban J connectivity index is 2.43. The van der Waals surface area contributed by atoms with Crippen LogP contribution in [0.15, 0.2) is 23.1 Å². The second-order valence-electron chi connectivity index (χ2n) is 4.70. The summed E-state index contributed by atoms with van der Waals surface area (Å²) in [5, 5.41) is 18.5. The fourth-order valence-electron chi connectivity index (χ4n) is 2.15. The number of nitrogens with zero attached hydrogens (tertiary/aromatic N) is 1. The van der Waals surface area contributed by atoms with E-state index in [2.05, 4.69) is 0 Å². The lowest BCUT2D eigenvalue weighted by Crippen LogP contribution is -2.40. The molecular weight excluding hydrogens is 284 g/mol. The third kappa shape index (κ3) is 2.77. The van der Waals surface area contributed by atoms with Gasteiger partial charge in [-0.05, 0) is 31.0 Å². The van der Waals surface area contributed by atoms with Crippen LogP contribution in [0.4, 0.5) is 5.69 Å². The maximum atomic E-state index is 12.5. The average molecular weight is 300 g/mol. The molecule has 0 amide bonds. The van der Waals surface area contributed by atoms with Crippen LogP contribution >= 0.6 is 0 Å². The molecule has 0 radical (unpaired) electrons. The van der Waals surface area contributed by atoms with Gasteiger partial charge in [0.1, 0.15) is 0 Å². The summed E-state index contributed by atoms with van der Waals surface area (Å²) in [4.78, 5) is 10.8. The molecule has 1 saturated heterocycles. The third-order valence-corrected chi connectivity index (χ3v) is 5.22. The van der Waals surface area contributed by atoms with Gasteiger partial charge in [0.25, 0.3) is 0 Å². The number of anilines is 1. The maximum absolute atomic E-state index is 12.5. The summed E-state index contributed by atoms with van der Waals surface area (Å²) in [5.74, 6) is -1.32. The van der Waals surface area contributed by atoms with Gasteiger partial charge in [-0.3, -0.25) is 0 Å². The van der Waals surface area contributed by atoms with Gasteiger partial charge in [0.05, 0.1) is 16.6 Å². The molecule has 1 aliphatic rings. The van der Waals surface area contributed by atoms with Crippen LogP contribution in [0.3, 0.4) is 0 Å². The van der Waals surface area contributed by atoms with Gasteiger partial charge < -0.3 is 15.9 Å². The van der Waals surface area contributed by atoms with E-state index in [1.807, 2.05) is 0 Å². The Labute approximate surface area is 116 Å². The highest BCUT2D eigenvalue weighted by Crippen LogP contribution is 2.25. The van der Waals surface area contributed by atoms with Crippen LogP contribution in [0.1, 0.15) is 23.2 Å². The van der Waals surface area contributed by atoms with Crippen molar-refractivity contribution in [3.8, 4) is 0 Å². The normalized spacial score (nSPS) is 18.1. The monoisotopic (exact) mass is 300 g/mol. The highest BCUT2D eigenvalue weighted by atomic mass is 32.2. The Kier molecular flexibility index (Phi) is 3.98. The van der Waals surface area contributed by atoms with Crippen LogP contribution in [-0.2, 0) is 10.0 Å². The lowest BCUT2D eigenvalue weighted by atomic mass is 10.1. The van der Waals surface area contributed by atoms with Gasteiger partial charge in [0, 0.05) is 18.8 Å². The summed E-state index contributed by atoms with van der Waals surface area (Å²) in [6.45, 7) is 0.328. The van der Waals surface area contributed by atoms with Crippen LogP contribution in [0.2, 0.25) is 0 Å². The van der Waals surface area contributed by atoms with Crippen molar-refractivity contribution in [3.05, 3.63) is 23.8 Å². The zero-order valence-corrected chi connectivity index (χ0v) is 11.5. The summed E-state index contributed by atoms with van der Waals surface area (Å²) in [5.41, 5.74) is 5.45. The first kappa shape index (κ1) is 14.8. The minimum atomic E-state index is -3.92. The van der Waals surface area contributed by atoms with Gasteiger partial charge in [0.15, 0.2) is 0 Å². The molecule has 0 atom stereocenters. The molecule has 0 unspecified atom stereocenters. The molecule has 0 aliphatic carbocycles. The molecule has 0 spiro atoms. The van der Waals surface area contributed by atoms with E-state index in [1.54, 1.807) is 0 Å². The van der Waals surface area contributed by atoms with Gasteiger partial charge in [-0.2, -0.15) is 4.31 Å². The van der Waals surface area contributed by atoms with Crippen molar-refractivity contribution < 1.29 is 23.4 Å². The number of piperidine rings is 1. The van der Waals surface area contributed by atoms with Gasteiger partial charge in [-0.1, -0.05) is 0 Å². The van der Waals surface area contributed by atoms with Crippen LogP contribution < -0.4 is 5.73 Å². The quantitative estimate of drug-likeness (QED) is 0.681. The van der Waals surface area contributed by atoms with Crippen LogP contribution in [-0.4, -0.2) is 48.1 Å². The minimum absolute atomic E-state index is 0.164. The zero-order chi connectivity index (χ0) is 14.9. The maximum Gasteiger partial charge on any atom is 0.337 e. The number of benzene rings is 1. The molecule has 1 aromatic rings. The van der Waals surface area contributed by atoms with Gasteiger partial charge >= 0.3 is 5.97 Å². The van der Waals surface area contributed by atoms with E-state index in [4.69, 9.17) is 10.8 Å². The van der Waals surface area contributed by atoms with Crippen LogP contribution in [0.25, 0.3) is 0 Å². The molecule has 2 rings (SSSR count). The number of aliphatic hydroxyl groups excluding tert-OH is 1. The second-order valence-corrected chi connectivity index (χ2v) is 6.60. The van der Waals surface area contributed by atoms with E-state index in [0.717, 1.165) is 6.07 Å². The number of aliphatic hydroxyl groups is 1. The lowest BCUT2D eigenvalue weighted by Gasteiger charge is -2.29. The number of nitrogen functional groups attached to an aromatic ring is 1. The largest absolute Gasteiger partial charge is 0.478 e. The topological polar surface area (TPSA) is 121 Å². The highest BCUT2D eigenvalue weighted by Gasteiger charge is 2.31. The first-order valence-corrected chi connectivity index (χ1v) is 7.57. The Morgan fingerprint density at radius 1 is 1.30 bits per heavy atom. The Bertz CT molecular complexity index is 621. The average Bonchev–Trinajstić information content (AvgIpc) is 2.38. The van der Waals surface area contributed by atoms with E-state index < -0.39 is 22.1 Å². The van der Waals surface area contributed by atoms with E-state index in [1.165, 1.54) is 16.4 Å². The minimum Gasteiger partial charge on any atom is -0.478 e. The highest BCUT2D eigenvalue weighted by molar-refractivity contribution is 7.89. The molecule has 1 fully saturated rings. The number of aromatic carboxylic acids is 1. The van der Waals surface area contributed by atoms with Crippen molar-refractivity contribution in [2.75, 3.05) is 18.8 Å². The molecule has 0 bridgehead atoms. The Hall–Kier alpha value is -1.64. The molecule has 4 N–H and O–H groups in total. The van der Waals surface area contributed by atoms with E-state index >= 15 is 0 Å². The molecular formula is C12H16N2O5S. The number of sulfonamides is 1. The first-order chi connectivity index (χ1) is 9.32. The molecule has 110 valence electrons. The van der Waals surface area contributed by atoms with E-state index in [-0.39, 0.29) is 29.2 Å². The number of carboxylic acids is 1. The summed E-state index contributed by atoms with van der Waals surface area (Å²) < 4.78 is 26.2. The summed E-state index contributed by atoms with van der Waals surface area (Å²) in [7, 11) is -3.92. The number of rotatable bonds is 3. The van der Waals surface area contributed by atoms with E-state index in [9.17, 15) is 18.3 Å². The Morgan fingerprint density at radius 2 is 1.90 bits per heavy atom. The predicted molar refractivity (Wildman–Crippen MR) is 71.8 cm³/mol. The molecule has 0 aromatic heterocycles. The molecule has 8 heteroatoms. The number of nitrogens with two attached hydrogens (primary N) is 1. The van der Waals surface area contributed by atoms with Crippen molar-refractivity contribution >= 4 is 21.7 Å². The van der Waals surface area contributed by atoms with Crippen molar-refractivity contribution in [3.63, 3.8) is 0 Å². The molecule has 20 heavy (non-hydrogen) atoms. The first-order valence-electron chi connectivity index (χ1n) is 6.13. The number of carboxylic acid groups (broad SMARTS) is 1. The van der Waals surface area contributed by atoms with Gasteiger partial charge in [0.2, 0.25) is 10.0 Å². The number of carbonyl (C=O) groups is 1. The van der Waals surface area contributed by atoms with Crippen molar-refractivity contribution in [2.24, 2.45) is 0 Å². The SMILES string of the molecule is Nc1ccc(C(=O)O)c(S(=O)(=O)N2CCC(O)CC2)c1. The van der Waals surface area contributed by atoms with Gasteiger partial charge in [-0.25, -0.2) is 13.2 Å².